The summed E-state index contributed by atoms with van der Waals surface area (Å²) in [5.74, 6) is 0.607. The predicted molar refractivity (Wildman–Crippen MR) is 89.6 cm³/mol. The summed E-state index contributed by atoms with van der Waals surface area (Å²) < 4.78 is 30.3. The number of hydrogen-bond donors (Lipinski definition) is 0. The Kier molecular flexibility index (Phi) is 4.76. The van der Waals surface area contributed by atoms with Crippen molar-refractivity contribution >= 4 is 15.6 Å². The Hall–Kier alpha value is -1.36. The molecule has 2 fully saturated rings. The van der Waals surface area contributed by atoms with Crippen LogP contribution < -0.4 is 4.74 Å². The third kappa shape index (κ3) is 3.30. The molecule has 23 heavy (non-hydrogen) atoms. The molecular formula is C18H24O4S. The minimum Gasteiger partial charge on any atom is -0.494 e. The molecule has 2 unspecified atom stereocenters. The lowest BCUT2D eigenvalue weighted by Crippen LogP contribution is -2.45. The van der Waals surface area contributed by atoms with Gasteiger partial charge < -0.3 is 4.74 Å². The van der Waals surface area contributed by atoms with Crippen molar-refractivity contribution < 1.29 is 17.9 Å². The monoisotopic (exact) mass is 336 g/mol. The zero-order valence-electron chi connectivity index (χ0n) is 13.5. The molecule has 126 valence electrons. The van der Waals surface area contributed by atoms with Crippen LogP contribution in [0.1, 0.15) is 55.8 Å². The molecule has 0 N–H and O–H groups in total. The van der Waals surface area contributed by atoms with E-state index in [1.54, 1.807) is 12.1 Å². The van der Waals surface area contributed by atoms with Gasteiger partial charge in [-0.05, 0) is 44.2 Å². The van der Waals surface area contributed by atoms with Gasteiger partial charge in [-0.15, -0.1) is 0 Å². The maximum atomic E-state index is 12.8. The first-order valence-electron chi connectivity index (χ1n) is 8.52. The maximum Gasteiger partial charge on any atom is 0.166 e. The van der Waals surface area contributed by atoms with Gasteiger partial charge in [-0.2, -0.15) is 0 Å². The number of Topliss-reactive ketones (excluding diaryl/α,β-unsaturated/α-hetero) is 1. The van der Waals surface area contributed by atoms with Crippen LogP contribution in [0.15, 0.2) is 24.3 Å². The Morgan fingerprint density at radius 2 is 1.91 bits per heavy atom. The van der Waals surface area contributed by atoms with Crippen molar-refractivity contribution in [3.05, 3.63) is 29.8 Å². The summed E-state index contributed by atoms with van der Waals surface area (Å²) in [6.07, 6.45) is 4.28. The number of fused-ring (bicyclic) bond motifs is 2. The quantitative estimate of drug-likeness (QED) is 0.773. The van der Waals surface area contributed by atoms with Crippen molar-refractivity contribution in [3.8, 4) is 5.75 Å². The SMILES string of the molecule is CCCOc1cccc(C(=O)C2CC3CCCC(C2)S3(=O)=O)c1. The van der Waals surface area contributed by atoms with Crippen molar-refractivity contribution in [3.63, 3.8) is 0 Å². The minimum absolute atomic E-state index is 0.0683. The molecule has 1 aromatic rings. The van der Waals surface area contributed by atoms with Crippen molar-refractivity contribution in [2.45, 2.75) is 55.9 Å². The normalized spacial score (nSPS) is 29.0. The molecule has 2 atom stereocenters. The van der Waals surface area contributed by atoms with Gasteiger partial charge in [0.15, 0.2) is 15.6 Å². The third-order valence-electron chi connectivity index (χ3n) is 5.04. The van der Waals surface area contributed by atoms with Gasteiger partial charge in [0, 0.05) is 11.5 Å². The van der Waals surface area contributed by atoms with E-state index in [4.69, 9.17) is 4.74 Å². The lowest BCUT2D eigenvalue weighted by molar-refractivity contribution is 0.0893. The van der Waals surface area contributed by atoms with E-state index >= 15 is 0 Å². The van der Waals surface area contributed by atoms with E-state index in [1.165, 1.54) is 0 Å². The molecule has 0 spiro atoms. The van der Waals surface area contributed by atoms with Crippen LogP contribution >= 0.6 is 0 Å². The fourth-order valence-corrected chi connectivity index (χ4v) is 6.35. The number of benzene rings is 1. The second-order valence-corrected chi connectivity index (χ2v) is 9.18. The highest BCUT2D eigenvalue weighted by Gasteiger charge is 2.46. The minimum atomic E-state index is -3.01. The number of rotatable bonds is 5. The van der Waals surface area contributed by atoms with E-state index < -0.39 is 9.84 Å². The third-order valence-corrected chi connectivity index (χ3v) is 7.75. The van der Waals surface area contributed by atoms with Gasteiger partial charge in [0.1, 0.15) is 5.75 Å². The standard InChI is InChI=1S/C18H24O4S/c1-2-9-22-15-6-3-5-13(10-15)18(19)14-11-16-7-4-8-17(12-14)23(16,20)21/h3,5-6,10,14,16-17H,2,4,7-9,11-12H2,1H3. The van der Waals surface area contributed by atoms with Crippen LogP contribution in [0, 0.1) is 5.92 Å². The van der Waals surface area contributed by atoms with Gasteiger partial charge in [-0.25, -0.2) is 8.42 Å². The molecule has 3 rings (SSSR count). The smallest absolute Gasteiger partial charge is 0.166 e. The van der Waals surface area contributed by atoms with Crippen molar-refractivity contribution in [1.29, 1.82) is 0 Å². The average molecular weight is 336 g/mol. The van der Waals surface area contributed by atoms with E-state index in [0.29, 0.717) is 43.6 Å². The first-order valence-corrected chi connectivity index (χ1v) is 10.1. The highest BCUT2D eigenvalue weighted by Crippen LogP contribution is 2.40. The molecule has 0 saturated carbocycles. The Morgan fingerprint density at radius 1 is 1.22 bits per heavy atom. The lowest BCUT2D eigenvalue weighted by Gasteiger charge is -2.38. The zero-order chi connectivity index (χ0) is 16.4. The van der Waals surface area contributed by atoms with E-state index in [0.717, 1.165) is 12.8 Å². The summed E-state index contributed by atoms with van der Waals surface area (Å²) in [6, 6.07) is 7.28. The van der Waals surface area contributed by atoms with Crippen LogP contribution in [-0.4, -0.2) is 31.3 Å². The lowest BCUT2D eigenvalue weighted by atomic mass is 9.84. The Labute approximate surface area is 138 Å². The number of sulfone groups is 1. The van der Waals surface area contributed by atoms with E-state index in [2.05, 4.69) is 0 Å². The Balaban J connectivity index is 1.76. The van der Waals surface area contributed by atoms with Gasteiger partial charge in [-0.1, -0.05) is 25.5 Å². The van der Waals surface area contributed by atoms with Gasteiger partial charge in [-0.3, -0.25) is 4.79 Å². The molecule has 4 nitrogen and oxygen atoms in total. The summed E-state index contributed by atoms with van der Waals surface area (Å²) >= 11 is 0. The maximum absolute atomic E-state index is 12.8. The summed E-state index contributed by atoms with van der Waals surface area (Å²) in [4.78, 5) is 12.8. The van der Waals surface area contributed by atoms with Gasteiger partial charge >= 0.3 is 0 Å². The Bertz CT molecular complexity index is 660. The summed E-state index contributed by atoms with van der Waals surface area (Å²) in [7, 11) is -3.01. The molecule has 5 heteroatoms. The molecule has 0 aliphatic carbocycles. The van der Waals surface area contributed by atoms with Crippen LogP contribution in [0.3, 0.4) is 0 Å². The van der Waals surface area contributed by atoms with Gasteiger partial charge in [0.2, 0.25) is 0 Å². The fourth-order valence-electron chi connectivity index (χ4n) is 3.82. The number of ketones is 1. The van der Waals surface area contributed by atoms with E-state index in [-0.39, 0.29) is 22.2 Å². The second-order valence-electron chi connectivity index (χ2n) is 6.67. The van der Waals surface area contributed by atoms with Crippen LogP contribution in [0.5, 0.6) is 5.75 Å². The number of carbonyl (C=O) groups excluding carboxylic acids is 1. The predicted octanol–water partition coefficient (Wildman–Crippen LogP) is 3.40. The topological polar surface area (TPSA) is 60.4 Å². The molecule has 0 aromatic heterocycles. The van der Waals surface area contributed by atoms with Crippen LogP contribution in [0.25, 0.3) is 0 Å². The second kappa shape index (κ2) is 6.63. The van der Waals surface area contributed by atoms with Crippen LogP contribution in [0.2, 0.25) is 0 Å². The number of hydrogen-bond acceptors (Lipinski definition) is 4. The van der Waals surface area contributed by atoms with Crippen LogP contribution in [0.4, 0.5) is 0 Å². The highest BCUT2D eigenvalue weighted by molar-refractivity contribution is 7.92. The zero-order valence-corrected chi connectivity index (χ0v) is 14.3. The molecule has 2 saturated heterocycles. The first kappa shape index (κ1) is 16.5. The van der Waals surface area contributed by atoms with Crippen LogP contribution in [-0.2, 0) is 9.84 Å². The molecule has 0 radical (unpaired) electrons. The number of carbonyl (C=O) groups is 1. The molecule has 2 aliphatic heterocycles. The van der Waals surface area contributed by atoms with Crippen molar-refractivity contribution in [2.24, 2.45) is 5.92 Å². The molecular weight excluding hydrogens is 312 g/mol. The fraction of sp³-hybridized carbons (Fsp3) is 0.611. The van der Waals surface area contributed by atoms with E-state index in [9.17, 15) is 13.2 Å². The van der Waals surface area contributed by atoms with Gasteiger partial charge in [0.05, 0.1) is 17.1 Å². The summed E-state index contributed by atoms with van der Waals surface area (Å²) in [6.45, 7) is 2.67. The van der Waals surface area contributed by atoms with Crippen molar-refractivity contribution in [2.75, 3.05) is 6.61 Å². The molecule has 2 bridgehead atoms. The van der Waals surface area contributed by atoms with E-state index in [1.807, 2.05) is 19.1 Å². The van der Waals surface area contributed by atoms with Gasteiger partial charge in [0.25, 0.3) is 0 Å². The molecule has 2 heterocycles. The number of ether oxygens (including phenoxy) is 1. The first-order chi connectivity index (χ1) is 11.0. The largest absolute Gasteiger partial charge is 0.494 e. The summed E-state index contributed by atoms with van der Waals surface area (Å²) in [5, 5.41) is -0.632. The molecule has 2 aliphatic rings. The highest BCUT2D eigenvalue weighted by atomic mass is 32.2. The van der Waals surface area contributed by atoms with Crippen molar-refractivity contribution in [1.82, 2.24) is 0 Å². The molecule has 1 aromatic carbocycles. The summed E-state index contributed by atoms with van der Waals surface area (Å²) in [5.41, 5.74) is 0.640. The average Bonchev–Trinajstić information content (AvgIpc) is 2.51. The Morgan fingerprint density at radius 3 is 2.57 bits per heavy atom. The molecule has 0 amide bonds.